The molecule has 0 radical (unpaired) electrons. The summed E-state index contributed by atoms with van der Waals surface area (Å²) in [5.74, 6) is -0.433. The van der Waals surface area contributed by atoms with E-state index in [9.17, 15) is 9.59 Å². The van der Waals surface area contributed by atoms with E-state index >= 15 is 0 Å². The molecule has 0 unspecified atom stereocenters. The van der Waals surface area contributed by atoms with Gasteiger partial charge in [-0.1, -0.05) is 29.8 Å². The molecule has 3 rings (SSSR count). The first-order valence-electron chi connectivity index (χ1n) is 9.03. The molecule has 0 spiro atoms. The number of aryl methyl sites for hydroxylation is 2. The van der Waals surface area contributed by atoms with Crippen LogP contribution in [0.2, 0.25) is 0 Å². The fourth-order valence-corrected chi connectivity index (χ4v) is 3.67. The lowest BCUT2D eigenvalue weighted by atomic mass is 10.0. The summed E-state index contributed by atoms with van der Waals surface area (Å²) < 4.78 is 13.2. The highest BCUT2D eigenvalue weighted by Crippen LogP contribution is 2.36. The Morgan fingerprint density at radius 1 is 1.14 bits per heavy atom. The minimum atomic E-state index is -0.423. The molecule has 5 nitrogen and oxygen atoms in total. The van der Waals surface area contributed by atoms with Gasteiger partial charge in [-0.15, -0.1) is 0 Å². The Morgan fingerprint density at radius 3 is 2.43 bits per heavy atom. The molecule has 0 atom stereocenters. The predicted molar refractivity (Wildman–Crippen MR) is 112 cm³/mol. The van der Waals surface area contributed by atoms with E-state index < -0.39 is 5.97 Å². The van der Waals surface area contributed by atoms with E-state index in [1.165, 1.54) is 12.5 Å². The summed E-state index contributed by atoms with van der Waals surface area (Å²) in [6.45, 7) is 5.45. The zero-order valence-electron chi connectivity index (χ0n) is 16.3. The molecule has 28 heavy (non-hydrogen) atoms. The summed E-state index contributed by atoms with van der Waals surface area (Å²) in [6, 6.07) is 11.8. The average molecular weight is 444 g/mol. The van der Waals surface area contributed by atoms with Gasteiger partial charge in [-0.05, 0) is 47.5 Å². The van der Waals surface area contributed by atoms with Crippen molar-refractivity contribution >= 4 is 38.8 Å². The number of aromatic nitrogens is 1. The first-order valence-corrected chi connectivity index (χ1v) is 9.83. The molecule has 0 amide bonds. The lowest BCUT2D eigenvalue weighted by Gasteiger charge is -2.08. The molecule has 0 N–H and O–H groups in total. The van der Waals surface area contributed by atoms with Gasteiger partial charge in [-0.25, -0.2) is 4.79 Å². The predicted octanol–water partition coefficient (Wildman–Crippen LogP) is 4.94. The first-order chi connectivity index (χ1) is 13.3. The summed E-state index contributed by atoms with van der Waals surface area (Å²) in [4.78, 5) is 24.2. The molecule has 146 valence electrons. The molecule has 0 bridgehead atoms. The van der Waals surface area contributed by atoms with Crippen LogP contribution < -0.4 is 4.74 Å². The summed E-state index contributed by atoms with van der Waals surface area (Å²) in [5, 5.41) is 0.697. The zero-order chi connectivity index (χ0) is 20.4. The van der Waals surface area contributed by atoms with Crippen LogP contribution in [0, 0.1) is 6.92 Å². The van der Waals surface area contributed by atoms with Gasteiger partial charge in [0.05, 0.1) is 22.2 Å². The number of rotatable bonds is 5. The molecular weight excluding hydrogens is 422 g/mol. The number of carbonyl (C=O) groups is 2. The van der Waals surface area contributed by atoms with Gasteiger partial charge >= 0.3 is 11.9 Å². The van der Waals surface area contributed by atoms with Crippen molar-refractivity contribution < 1.29 is 19.1 Å². The van der Waals surface area contributed by atoms with Crippen LogP contribution in [0.4, 0.5) is 0 Å². The maximum absolute atomic E-state index is 12.8. The van der Waals surface area contributed by atoms with Gasteiger partial charge in [0.25, 0.3) is 0 Å². The summed E-state index contributed by atoms with van der Waals surface area (Å²) in [5.41, 5.74) is 4.49. The Hall–Kier alpha value is -2.60. The number of hydrogen-bond acceptors (Lipinski definition) is 4. The molecule has 0 fully saturated rings. The van der Waals surface area contributed by atoms with Crippen LogP contribution in [0.1, 0.15) is 41.0 Å². The van der Waals surface area contributed by atoms with E-state index in [0.717, 1.165) is 16.8 Å². The number of nitrogens with zero attached hydrogens (tertiary/aromatic N) is 1. The van der Waals surface area contributed by atoms with E-state index in [2.05, 4.69) is 40.2 Å². The highest BCUT2D eigenvalue weighted by molar-refractivity contribution is 9.10. The number of esters is 2. The SMILES string of the molecule is CCOC(=O)c1c(Cc2ccc(C)cc2)n(C)c2cc(Br)c(OC(C)=O)cc12. The average Bonchev–Trinajstić information content (AvgIpc) is 2.89. The summed E-state index contributed by atoms with van der Waals surface area (Å²) in [7, 11) is 1.92. The van der Waals surface area contributed by atoms with Gasteiger partial charge in [0.1, 0.15) is 5.75 Å². The van der Waals surface area contributed by atoms with Gasteiger partial charge in [-0.3, -0.25) is 4.79 Å². The molecule has 0 saturated heterocycles. The third-order valence-electron chi connectivity index (χ3n) is 4.60. The highest BCUT2D eigenvalue weighted by atomic mass is 79.9. The highest BCUT2D eigenvalue weighted by Gasteiger charge is 2.24. The quantitative estimate of drug-likeness (QED) is 0.413. The molecule has 6 heteroatoms. The lowest BCUT2D eigenvalue weighted by molar-refractivity contribution is -0.131. The number of carbonyl (C=O) groups excluding carboxylic acids is 2. The normalized spacial score (nSPS) is 10.9. The van der Waals surface area contributed by atoms with E-state index in [-0.39, 0.29) is 12.6 Å². The third-order valence-corrected chi connectivity index (χ3v) is 5.22. The van der Waals surface area contributed by atoms with Crippen molar-refractivity contribution in [3.8, 4) is 5.75 Å². The number of benzene rings is 2. The van der Waals surface area contributed by atoms with Crippen LogP contribution in [-0.4, -0.2) is 23.1 Å². The minimum Gasteiger partial charge on any atom is -0.462 e. The summed E-state index contributed by atoms with van der Waals surface area (Å²) >= 11 is 3.45. The Balaban J connectivity index is 2.21. The van der Waals surface area contributed by atoms with Crippen molar-refractivity contribution in [1.82, 2.24) is 4.57 Å². The van der Waals surface area contributed by atoms with Crippen LogP contribution in [0.3, 0.4) is 0 Å². The van der Waals surface area contributed by atoms with Gasteiger partial charge in [0.15, 0.2) is 0 Å². The smallest absolute Gasteiger partial charge is 0.340 e. The standard InChI is InChI=1S/C22H22BrNO4/c1-5-27-22(26)21-16-11-20(28-14(3)25)17(23)12-18(16)24(4)19(21)10-15-8-6-13(2)7-9-15/h6-9,11-12H,5,10H2,1-4H3. The minimum absolute atomic E-state index is 0.284. The summed E-state index contributed by atoms with van der Waals surface area (Å²) in [6.07, 6.45) is 0.583. The van der Waals surface area contributed by atoms with Crippen LogP contribution >= 0.6 is 15.9 Å². The second kappa shape index (κ2) is 8.19. The van der Waals surface area contributed by atoms with Crippen molar-refractivity contribution in [2.75, 3.05) is 6.61 Å². The number of fused-ring (bicyclic) bond motifs is 1. The van der Waals surface area contributed by atoms with Crippen LogP contribution in [-0.2, 0) is 23.0 Å². The first kappa shape index (κ1) is 20.1. The maximum atomic E-state index is 12.8. The second-order valence-corrected chi connectivity index (χ2v) is 7.51. The number of ether oxygens (including phenoxy) is 2. The monoisotopic (exact) mass is 443 g/mol. The van der Waals surface area contributed by atoms with Gasteiger partial charge in [-0.2, -0.15) is 0 Å². The molecule has 0 aliphatic carbocycles. The Labute approximate surface area is 172 Å². The second-order valence-electron chi connectivity index (χ2n) is 6.66. The maximum Gasteiger partial charge on any atom is 0.340 e. The lowest BCUT2D eigenvalue weighted by Crippen LogP contribution is -2.09. The Morgan fingerprint density at radius 2 is 1.82 bits per heavy atom. The molecular formula is C22H22BrNO4. The van der Waals surface area contributed by atoms with Crippen LogP contribution in [0.5, 0.6) is 5.75 Å². The van der Waals surface area contributed by atoms with E-state index in [4.69, 9.17) is 9.47 Å². The van der Waals surface area contributed by atoms with Crippen molar-refractivity contribution in [2.24, 2.45) is 7.05 Å². The fourth-order valence-electron chi connectivity index (χ4n) is 3.26. The fraction of sp³-hybridized carbons (Fsp3) is 0.273. The Bertz CT molecular complexity index is 1050. The molecule has 0 aliphatic rings. The van der Waals surface area contributed by atoms with Crippen LogP contribution in [0.25, 0.3) is 10.9 Å². The molecule has 0 aliphatic heterocycles. The van der Waals surface area contributed by atoms with Crippen molar-refractivity contribution in [1.29, 1.82) is 0 Å². The van der Waals surface area contributed by atoms with Crippen LogP contribution in [0.15, 0.2) is 40.9 Å². The molecule has 3 aromatic rings. The van der Waals surface area contributed by atoms with Crippen molar-refractivity contribution in [3.63, 3.8) is 0 Å². The number of hydrogen-bond donors (Lipinski definition) is 0. The largest absolute Gasteiger partial charge is 0.462 e. The third kappa shape index (κ3) is 3.97. The molecule has 1 heterocycles. The van der Waals surface area contributed by atoms with E-state index in [1.807, 2.05) is 24.6 Å². The molecule has 2 aromatic carbocycles. The van der Waals surface area contributed by atoms with Crippen molar-refractivity contribution in [3.05, 3.63) is 63.3 Å². The topological polar surface area (TPSA) is 57.5 Å². The van der Waals surface area contributed by atoms with E-state index in [0.29, 0.717) is 27.6 Å². The van der Waals surface area contributed by atoms with Gasteiger partial charge < -0.3 is 14.0 Å². The molecule has 0 saturated carbocycles. The molecule has 1 aromatic heterocycles. The van der Waals surface area contributed by atoms with Gasteiger partial charge in [0.2, 0.25) is 0 Å². The Kier molecular flexibility index (Phi) is 5.89. The number of halogens is 1. The van der Waals surface area contributed by atoms with Crippen molar-refractivity contribution in [2.45, 2.75) is 27.2 Å². The van der Waals surface area contributed by atoms with Gasteiger partial charge in [0, 0.05) is 31.5 Å². The van der Waals surface area contributed by atoms with E-state index in [1.54, 1.807) is 13.0 Å². The zero-order valence-corrected chi connectivity index (χ0v) is 17.9.